The molecule has 0 N–H and O–H groups in total. The van der Waals surface area contributed by atoms with Crippen molar-refractivity contribution in [2.24, 2.45) is 0 Å². The first-order valence-corrected chi connectivity index (χ1v) is 12.1. The normalized spacial score (nSPS) is 12.4. The molecule has 0 fully saturated rings. The molecule has 0 heterocycles. The van der Waals surface area contributed by atoms with Gasteiger partial charge in [-0.25, -0.2) is 26.3 Å². The van der Waals surface area contributed by atoms with Crippen molar-refractivity contribution in [2.45, 2.75) is 31.7 Å². The predicted molar refractivity (Wildman–Crippen MR) is 128 cm³/mol. The zero-order chi connectivity index (χ0) is 32.8. The Morgan fingerprint density at radius 2 is 1.02 bits per heavy atom. The molecule has 4 rings (SSSR count). The SMILES string of the molecule is CCc1cc(F)c(-c2ccc(C(F)(F)Oc3cc(F)c(C(F)(F)Oc4ccc(C(F)(F)F)c(F)c4)c(F)c3)c(F)c2)c(F)c1. The van der Waals surface area contributed by atoms with E-state index in [1.807, 2.05) is 0 Å². The summed E-state index contributed by atoms with van der Waals surface area (Å²) in [6.45, 7) is 1.61. The number of hydrogen-bond donors (Lipinski definition) is 0. The standard InChI is InChI=1S/C29H15F13O2/c1-2-13-7-21(32)25(22(33)8-13)14-3-5-18(19(30)9-14)28(39,40)44-16-11-23(34)26(24(35)12-16)29(41,42)43-15-4-6-17(20(31)10-15)27(36,37)38/h3-12H,2H2,1H3. The summed E-state index contributed by atoms with van der Waals surface area (Å²) in [5.41, 5.74) is -6.54. The first kappa shape index (κ1) is 32.5. The minimum atomic E-state index is -5.19. The van der Waals surface area contributed by atoms with Crippen LogP contribution in [0.1, 0.15) is 29.2 Å². The van der Waals surface area contributed by atoms with Gasteiger partial charge < -0.3 is 9.47 Å². The smallest absolute Gasteiger partial charge is 0.429 e. The lowest BCUT2D eigenvalue weighted by molar-refractivity contribution is -0.191. The molecule has 4 aromatic rings. The molecule has 0 aliphatic heterocycles. The zero-order valence-corrected chi connectivity index (χ0v) is 21.7. The molecule has 0 aromatic heterocycles. The van der Waals surface area contributed by atoms with E-state index in [2.05, 4.69) is 9.47 Å². The Bertz CT molecular complexity index is 1670. The molecule has 234 valence electrons. The Kier molecular flexibility index (Phi) is 8.55. The van der Waals surface area contributed by atoms with Crippen LogP contribution in [0, 0.1) is 34.9 Å². The summed E-state index contributed by atoms with van der Waals surface area (Å²) in [6.07, 6.45) is -14.7. The summed E-state index contributed by atoms with van der Waals surface area (Å²) in [6, 6.07) is 3.24. The van der Waals surface area contributed by atoms with Crippen molar-refractivity contribution >= 4 is 0 Å². The van der Waals surface area contributed by atoms with Gasteiger partial charge in [-0.05, 0) is 53.9 Å². The van der Waals surface area contributed by atoms with Crippen LogP contribution in [-0.4, -0.2) is 0 Å². The van der Waals surface area contributed by atoms with E-state index < -0.39 is 92.6 Å². The minimum absolute atomic E-state index is 0.0349. The maximum absolute atomic E-state index is 14.8. The molecule has 0 amide bonds. The number of alkyl halides is 7. The molecule has 0 atom stereocenters. The number of benzene rings is 4. The van der Waals surface area contributed by atoms with Crippen LogP contribution in [0.4, 0.5) is 57.1 Å². The van der Waals surface area contributed by atoms with Crippen LogP contribution < -0.4 is 9.47 Å². The molecule has 0 unspecified atom stereocenters. The van der Waals surface area contributed by atoms with Gasteiger partial charge in [0.25, 0.3) is 0 Å². The first-order chi connectivity index (χ1) is 20.3. The molecule has 0 aliphatic carbocycles. The average molecular weight is 642 g/mol. The van der Waals surface area contributed by atoms with Crippen molar-refractivity contribution < 1.29 is 66.5 Å². The van der Waals surface area contributed by atoms with E-state index in [-0.39, 0.29) is 42.3 Å². The highest BCUT2D eigenvalue weighted by atomic mass is 19.4. The van der Waals surface area contributed by atoms with E-state index in [1.165, 1.54) is 0 Å². The maximum Gasteiger partial charge on any atom is 0.432 e. The topological polar surface area (TPSA) is 18.5 Å². The molecular formula is C29H15F13O2. The van der Waals surface area contributed by atoms with Gasteiger partial charge in [-0.1, -0.05) is 13.0 Å². The monoisotopic (exact) mass is 642 g/mol. The first-order valence-electron chi connectivity index (χ1n) is 12.1. The highest BCUT2D eigenvalue weighted by molar-refractivity contribution is 5.66. The van der Waals surface area contributed by atoms with Gasteiger partial charge in [0.1, 0.15) is 52.0 Å². The van der Waals surface area contributed by atoms with Crippen LogP contribution in [0.2, 0.25) is 0 Å². The van der Waals surface area contributed by atoms with Gasteiger partial charge in [-0.2, -0.15) is 30.7 Å². The van der Waals surface area contributed by atoms with Crippen molar-refractivity contribution in [3.8, 4) is 22.6 Å². The van der Waals surface area contributed by atoms with E-state index in [9.17, 15) is 57.1 Å². The molecule has 0 saturated carbocycles. The molecular weight excluding hydrogens is 627 g/mol. The van der Waals surface area contributed by atoms with Crippen molar-refractivity contribution in [1.82, 2.24) is 0 Å². The summed E-state index contributed by atoms with van der Waals surface area (Å²) in [5.74, 6) is -13.2. The highest BCUT2D eigenvalue weighted by Gasteiger charge is 2.44. The van der Waals surface area contributed by atoms with E-state index in [4.69, 9.17) is 0 Å². The molecule has 4 aromatic carbocycles. The summed E-state index contributed by atoms with van der Waals surface area (Å²) in [7, 11) is 0. The van der Waals surface area contributed by atoms with E-state index in [1.54, 1.807) is 6.92 Å². The molecule has 0 aliphatic rings. The summed E-state index contributed by atoms with van der Waals surface area (Å²) < 4.78 is 191. The lowest BCUT2D eigenvalue weighted by Gasteiger charge is -2.22. The van der Waals surface area contributed by atoms with Crippen LogP contribution in [0.15, 0.2) is 60.7 Å². The number of hydrogen-bond acceptors (Lipinski definition) is 2. The van der Waals surface area contributed by atoms with Crippen molar-refractivity contribution in [2.75, 3.05) is 0 Å². The molecule has 0 spiro atoms. The van der Waals surface area contributed by atoms with Gasteiger partial charge in [-0.15, -0.1) is 0 Å². The van der Waals surface area contributed by atoms with E-state index in [0.29, 0.717) is 12.1 Å². The van der Waals surface area contributed by atoms with E-state index >= 15 is 0 Å². The van der Waals surface area contributed by atoms with Gasteiger partial charge >= 0.3 is 18.4 Å². The fraction of sp³-hybridized carbons (Fsp3) is 0.172. The zero-order valence-electron chi connectivity index (χ0n) is 21.7. The fourth-order valence-corrected chi connectivity index (χ4v) is 4.09. The Labute approximate surface area is 239 Å². The van der Waals surface area contributed by atoms with Gasteiger partial charge in [-0.3, -0.25) is 0 Å². The predicted octanol–water partition coefficient (Wildman–Crippen LogP) is 10.0. The van der Waals surface area contributed by atoms with Crippen molar-refractivity contribution in [1.29, 1.82) is 0 Å². The fourth-order valence-electron chi connectivity index (χ4n) is 4.09. The van der Waals surface area contributed by atoms with Crippen molar-refractivity contribution in [3.63, 3.8) is 0 Å². The third-order valence-electron chi connectivity index (χ3n) is 6.13. The van der Waals surface area contributed by atoms with Crippen LogP contribution in [-0.2, 0) is 24.8 Å². The Morgan fingerprint density at radius 1 is 0.523 bits per heavy atom. The second-order valence-electron chi connectivity index (χ2n) is 9.12. The quantitative estimate of drug-likeness (QED) is 0.178. The third-order valence-corrected chi connectivity index (χ3v) is 6.13. The lowest BCUT2D eigenvalue weighted by Crippen LogP contribution is -2.26. The molecule has 0 saturated heterocycles. The molecule has 2 nitrogen and oxygen atoms in total. The molecule has 44 heavy (non-hydrogen) atoms. The third kappa shape index (κ3) is 6.55. The lowest BCUT2D eigenvalue weighted by atomic mass is 9.99. The second kappa shape index (κ2) is 11.6. The number of halogens is 13. The van der Waals surface area contributed by atoms with E-state index in [0.717, 1.165) is 18.2 Å². The van der Waals surface area contributed by atoms with Gasteiger partial charge in [0.05, 0.1) is 16.7 Å². The van der Waals surface area contributed by atoms with Crippen LogP contribution in [0.3, 0.4) is 0 Å². The Hall–Kier alpha value is -4.43. The van der Waals surface area contributed by atoms with Gasteiger partial charge in [0.15, 0.2) is 0 Å². The molecule has 0 bridgehead atoms. The summed E-state index contributed by atoms with van der Waals surface area (Å²) in [5, 5.41) is 0. The minimum Gasteiger partial charge on any atom is -0.429 e. The maximum atomic E-state index is 14.8. The average Bonchev–Trinajstić information content (AvgIpc) is 2.86. The number of aryl methyl sites for hydroxylation is 1. The number of ether oxygens (including phenoxy) is 2. The van der Waals surface area contributed by atoms with Crippen molar-refractivity contribution in [3.05, 3.63) is 118 Å². The summed E-state index contributed by atoms with van der Waals surface area (Å²) >= 11 is 0. The Morgan fingerprint density at radius 3 is 1.52 bits per heavy atom. The highest BCUT2D eigenvalue weighted by Crippen LogP contribution is 2.41. The van der Waals surface area contributed by atoms with Gasteiger partial charge in [0.2, 0.25) is 0 Å². The molecule has 15 heteroatoms. The van der Waals surface area contributed by atoms with Crippen LogP contribution in [0.25, 0.3) is 11.1 Å². The number of rotatable bonds is 8. The second-order valence-corrected chi connectivity index (χ2v) is 9.12. The van der Waals surface area contributed by atoms with Crippen LogP contribution >= 0.6 is 0 Å². The van der Waals surface area contributed by atoms with Crippen LogP contribution in [0.5, 0.6) is 11.5 Å². The largest absolute Gasteiger partial charge is 0.432 e. The molecule has 0 radical (unpaired) electrons. The Balaban J connectivity index is 1.59. The van der Waals surface area contributed by atoms with Gasteiger partial charge in [0, 0.05) is 18.2 Å². The summed E-state index contributed by atoms with van der Waals surface area (Å²) in [4.78, 5) is 0.